The molecule has 7 rings (SSSR count). The Morgan fingerprint density at radius 2 is 1.39 bits per heavy atom. The number of fused-ring (bicyclic) bond motifs is 1. The predicted molar refractivity (Wildman–Crippen MR) is 218 cm³/mol. The molecule has 4 N–H and O–H groups in total. The molecule has 7 fully saturated rings. The van der Waals surface area contributed by atoms with Crippen LogP contribution in [0.25, 0.3) is 0 Å². The van der Waals surface area contributed by atoms with Crippen LogP contribution in [-0.2, 0) is 28.8 Å². The molecule has 2 saturated heterocycles. The van der Waals surface area contributed by atoms with E-state index in [1.54, 1.807) is 4.90 Å². The summed E-state index contributed by atoms with van der Waals surface area (Å²) < 4.78 is 0. The molecule has 5 saturated carbocycles. The second-order valence-electron chi connectivity index (χ2n) is 20.8. The second-order valence-corrected chi connectivity index (χ2v) is 20.8. The van der Waals surface area contributed by atoms with E-state index in [1.807, 2.05) is 27.7 Å². The molecule has 7 aliphatic rings. The summed E-state index contributed by atoms with van der Waals surface area (Å²) in [5.41, 5.74) is -1.02. The maximum atomic E-state index is 15.2. The number of hydrogen-bond acceptors (Lipinski definition) is 7. The van der Waals surface area contributed by atoms with Crippen molar-refractivity contribution in [2.75, 3.05) is 13.1 Å². The number of amides is 5. The van der Waals surface area contributed by atoms with Gasteiger partial charge in [-0.3, -0.25) is 33.7 Å². The highest BCUT2D eigenvalue weighted by molar-refractivity contribution is 6.38. The van der Waals surface area contributed by atoms with Gasteiger partial charge >= 0.3 is 0 Å². The Morgan fingerprint density at radius 1 is 0.737 bits per heavy atom. The molecule has 2 aliphatic heterocycles. The molecule has 0 radical (unpaired) electrons. The number of hydrogen-bond donors (Lipinski definition) is 4. The summed E-state index contributed by atoms with van der Waals surface area (Å²) in [7, 11) is 0. The maximum absolute atomic E-state index is 15.2. The number of rotatable bonds is 14. The van der Waals surface area contributed by atoms with Gasteiger partial charge in [-0.25, -0.2) is 0 Å². The van der Waals surface area contributed by atoms with Crippen molar-refractivity contribution in [2.45, 2.75) is 206 Å². The number of Topliss-reactive ketones (excluding diaryl/α,β-unsaturated/α-hetero) is 1. The average molecular weight is 793 g/mol. The minimum absolute atomic E-state index is 0.0166. The van der Waals surface area contributed by atoms with E-state index in [0.717, 1.165) is 96.4 Å². The largest absolute Gasteiger partial charge is 0.347 e. The van der Waals surface area contributed by atoms with Gasteiger partial charge in [0.25, 0.3) is 5.91 Å². The summed E-state index contributed by atoms with van der Waals surface area (Å²) in [6.07, 6.45) is 17.5. The molecule has 2 spiro atoms. The Labute approximate surface area is 340 Å². The molecule has 0 aromatic heterocycles. The van der Waals surface area contributed by atoms with Crippen molar-refractivity contribution in [3.8, 4) is 0 Å². The van der Waals surface area contributed by atoms with E-state index in [0.29, 0.717) is 31.8 Å². The summed E-state index contributed by atoms with van der Waals surface area (Å²) in [5, 5.41) is 12.2. The van der Waals surface area contributed by atoms with E-state index >= 15 is 4.79 Å². The Hall–Kier alpha value is -3.02. The van der Waals surface area contributed by atoms with Crippen LogP contribution >= 0.6 is 0 Å². The Morgan fingerprint density at radius 3 is 1.96 bits per heavy atom. The van der Waals surface area contributed by atoms with Crippen LogP contribution in [0.15, 0.2) is 0 Å². The van der Waals surface area contributed by atoms with Crippen molar-refractivity contribution in [1.82, 2.24) is 31.1 Å². The topological polar surface area (TPSA) is 157 Å². The number of nitrogens with zero attached hydrogens (tertiary/aromatic N) is 2. The zero-order chi connectivity index (χ0) is 40.9. The van der Waals surface area contributed by atoms with Gasteiger partial charge in [-0.2, -0.15) is 0 Å². The van der Waals surface area contributed by atoms with Crippen molar-refractivity contribution < 1.29 is 28.8 Å². The molecule has 57 heavy (non-hydrogen) atoms. The first-order valence-corrected chi connectivity index (χ1v) is 22.9. The van der Waals surface area contributed by atoms with Gasteiger partial charge in [0.1, 0.15) is 18.1 Å². The van der Waals surface area contributed by atoms with E-state index in [9.17, 15) is 24.0 Å². The summed E-state index contributed by atoms with van der Waals surface area (Å²) in [4.78, 5) is 88.8. The van der Waals surface area contributed by atoms with Gasteiger partial charge in [0.15, 0.2) is 0 Å². The van der Waals surface area contributed by atoms with Gasteiger partial charge in [0.2, 0.25) is 29.4 Å². The zero-order valence-electron chi connectivity index (χ0n) is 35.8. The smallest absolute Gasteiger partial charge is 0.289 e. The van der Waals surface area contributed by atoms with Crippen LogP contribution in [0.4, 0.5) is 0 Å². The van der Waals surface area contributed by atoms with Gasteiger partial charge in [0, 0.05) is 24.0 Å². The van der Waals surface area contributed by atoms with Crippen LogP contribution in [0.5, 0.6) is 0 Å². The minimum atomic E-state index is -0.984. The van der Waals surface area contributed by atoms with Crippen molar-refractivity contribution >= 4 is 35.3 Å². The molecule has 2 heterocycles. The molecule has 6 atom stereocenters. The summed E-state index contributed by atoms with van der Waals surface area (Å²) >= 11 is 0. The molecule has 12 heteroatoms. The monoisotopic (exact) mass is 793 g/mol. The molecule has 0 bridgehead atoms. The molecule has 5 aliphatic carbocycles. The second kappa shape index (κ2) is 16.2. The molecule has 0 aromatic carbocycles. The first kappa shape index (κ1) is 42.1. The lowest BCUT2D eigenvalue weighted by Gasteiger charge is -2.38. The van der Waals surface area contributed by atoms with Crippen molar-refractivity contribution in [3.05, 3.63) is 0 Å². The maximum Gasteiger partial charge on any atom is 0.289 e. The standard InChI is InChI=1S/C45H72N6O6/c1-7-15-31(35(52)40(56)46-29-21-22-29)47-38(54)33-26-45(43(5,6)44(45)23-14-24-44)27-51(33)41(57)36(42(2,3)4)49-39(55)34(28-16-9-8-10-17-28)48-37(53)32-20-13-25-50(32)30-18-11-12-19-30/h28-34,36H,7-27H2,1-6H3,(H,46,56)(H,47,54)(H,48,53)(H,49,55)/t31-,32-,33-,34?,36+,45+/m0/s1. The summed E-state index contributed by atoms with van der Waals surface area (Å²) in [6.45, 7) is 13.6. The Kier molecular flexibility index (Phi) is 12.0. The molecule has 12 nitrogen and oxygen atoms in total. The summed E-state index contributed by atoms with van der Waals surface area (Å²) in [6, 6.07) is -3.35. The highest BCUT2D eigenvalue weighted by Crippen LogP contribution is 2.88. The van der Waals surface area contributed by atoms with Crippen molar-refractivity contribution in [3.63, 3.8) is 0 Å². The van der Waals surface area contributed by atoms with E-state index in [4.69, 9.17) is 0 Å². The lowest BCUT2D eigenvalue weighted by Crippen LogP contribution is -2.62. The number of carbonyl (C=O) groups excluding carboxylic acids is 6. The molecule has 0 aromatic rings. The number of nitrogens with one attached hydrogen (secondary N) is 4. The van der Waals surface area contributed by atoms with Crippen molar-refractivity contribution in [2.24, 2.45) is 27.6 Å². The molecule has 1 unspecified atom stereocenters. The normalized spacial score (nSPS) is 30.0. The Bertz CT molecular complexity index is 1570. The van der Waals surface area contributed by atoms with E-state index in [-0.39, 0.29) is 52.0 Å². The minimum Gasteiger partial charge on any atom is -0.347 e. The van der Waals surface area contributed by atoms with Crippen LogP contribution in [0.1, 0.15) is 164 Å². The highest BCUT2D eigenvalue weighted by atomic mass is 16.2. The van der Waals surface area contributed by atoms with Crippen LogP contribution in [-0.4, -0.2) is 101 Å². The fourth-order valence-corrected chi connectivity index (χ4v) is 12.4. The molecular formula is C45H72N6O6. The lowest BCUT2D eigenvalue weighted by molar-refractivity contribution is -0.145. The zero-order valence-corrected chi connectivity index (χ0v) is 35.8. The van der Waals surface area contributed by atoms with Gasteiger partial charge in [-0.15, -0.1) is 0 Å². The number of carbonyl (C=O) groups is 6. The fourth-order valence-electron chi connectivity index (χ4n) is 12.4. The fraction of sp³-hybridized carbons (Fsp3) is 0.867. The third kappa shape index (κ3) is 7.79. The Balaban J connectivity index is 1.13. The molecular weight excluding hydrogens is 721 g/mol. The number of ketones is 1. The number of likely N-dealkylation sites (tertiary alicyclic amines) is 2. The van der Waals surface area contributed by atoms with Gasteiger partial charge in [0.05, 0.1) is 12.1 Å². The van der Waals surface area contributed by atoms with Crippen molar-refractivity contribution in [1.29, 1.82) is 0 Å². The lowest BCUT2D eigenvalue weighted by atomic mass is 9.73. The molecule has 318 valence electrons. The summed E-state index contributed by atoms with van der Waals surface area (Å²) in [5.74, 6) is -2.48. The average Bonchev–Trinajstić information content (AvgIpc) is 3.64. The van der Waals surface area contributed by atoms with Gasteiger partial charge < -0.3 is 26.2 Å². The third-order valence-corrected chi connectivity index (χ3v) is 16.2. The van der Waals surface area contributed by atoms with Crippen LogP contribution in [0.2, 0.25) is 0 Å². The van der Waals surface area contributed by atoms with E-state index in [1.165, 1.54) is 12.8 Å². The van der Waals surface area contributed by atoms with Crippen LogP contribution in [0, 0.1) is 27.6 Å². The quantitative estimate of drug-likeness (QED) is 0.182. The first-order valence-electron chi connectivity index (χ1n) is 22.9. The van der Waals surface area contributed by atoms with E-state index in [2.05, 4.69) is 40.0 Å². The van der Waals surface area contributed by atoms with Gasteiger partial charge in [-0.05, 0) is 106 Å². The molecule has 5 amide bonds. The van der Waals surface area contributed by atoms with Crippen LogP contribution in [0.3, 0.4) is 0 Å². The van der Waals surface area contributed by atoms with E-state index < -0.39 is 47.2 Å². The SMILES string of the molecule is CCC[C@H](NC(=O)[C@@H]1C[C@@]2(CN1C(=O)[C@@H](NC(=O)C(NC(=O)[C@@H]1CCCN1C1CCCC1)C1CCCCC1)C(C)(C)C)C(C)(C)C21CCC1)C(=O)C(=O)NC1CC1. The first-order chi connectivity index (χ1) is 27.0. The third-order valence-electron chi connectivity index (χ3n) is 16.2. The van der Waals surface area contributed by atoms with Crippen LogP contribution < -0.4 is 21.3 Å². The highest BCUT2D eigenvalue weighted by Gasteiger charge is 2.85. The van der Waals surface area contributed by atoms with Gasteiger partial charge in [-0.1, -0.05) is 86.5 Å². The predicted octanol–water partition coefficient (Wildman–Crippen LogP) is 4.92.